The summed E-state index contributed by atoms with van der Waals surface area (Å²) in [6, 6.07) is 2.06. The molecule has 0 saturated carbocycles. The number of nitrogens with zero attached hydrogens (tertiary/aromatic N) is 1. The molecule has 0 aromatic carbocycles. The monoisotopic (exact) mass is 156 g/mol. The fourth-order valence-electron chi connectivity index (χ4n) is 0.687. The lowest BCUT2D eigenvalue weighted by atomic mass is 10.1. The van der Waals surface area contributed by atoms with Gasteiger partial charge in [0.1, 0.15) is 0 Å². The van der Waals surface area contributed by atoms with Crippen LogP contribution in [0.1, 0.15) is 26.7 Å². The predicted molar refractivity (Wildman–Crippen MR) is 44.0 cm³/mol. The maximum atomic E-state index is 9.25. The van der Waals surface area contributed by atoms with Crippen LogP contribution in [0.25, 0.3) is 0 Å². The standard InChI is InChI=1S/C8H16N2O/c1-8(2,11)7-10-6-4-3-5-9/h10-11H,3-4,6-7H2,1-2H3. The van der Waals surface area contributed by atoms with Crippen molar-refractivity contribution in [3.63, 3.8) is 0 Å². The Morgan fingerprint density at radius 1 is 1.55 bits per heavy atom. The lowest BCUT2D eigenvalue weighted by molar-refractivity contribution is 0.0800. The maximum Gasteiger partial charge on any atom is 0.0715 e. The molecule has 0 bridgehead atoms. The lowest BCUT2D eigenvalue weighted by Gasteiger charge is -2.17. The van der Waals surface area contributed by atoms with E-state index in [1.54, 1.807) is 13.8 Å². The highest BCUT2D eigenvalue weighted by atomic mass is 16.3. The van der Waals surface area contributed by atoms with Gasteiger partial charge in [0.15, 0.2) is 0 Å². The van der Waals surface area contributed by atoms with Crippen LogP contribution in [0.4, 0.5) is 0 Å². The molecule has 0 saturated heterocycles. The second-order valence-electron chi connectivity index (χ2n) is 3.25. The van der Waals surface area contributed by atoms with Gasteiger partial charge in [-0.15, -0.1) is 0 Å². The smallest absolute Gasteiger partial charge is 0.0715 e. The predicted octanol–water partition coefficient (Wildman–Crippen LogP) is 0.651. The van der Waals surface area contributed by atoms with Crippen LogP contribution in [0, 0.1) is 11.3 Å². The van der Waals surface area contributed by atoms with Crippen LogP contribution < -0.4 is 5.32 Å². The zero-order chi connectivity index (χ0) is 8.74. The summed E-state index contributed by atoms with van der Waals surface area (Å²) in [6.45, 7) is 4.89. The minimum Gasteiger partial charge on any atom is -0.389 e. The molecule has 0 fully saturated rings. The first-order valence-corrected chi connectivity index (χ1v) is 3.86. The van der Waals surface area contributed by atoms with Gasteiger partial charge < -0.3 is 10.4 Å². The van der Waals surface area contributed by atoms with Crippen molar-refractivity contribution >= 4 is 0 Å². The van der Waals surface area contributed by atoms with E-state index in [0.29, 0.717) is 13.0 Å². The number of aliphatic hydroxyl groups is 1. The summed E-state index contributed by atoms with van der Waals surface area (Å²) in [4.78, 5) is 0. The Bertz CT molecular complexity index is 132. The number of hydrogen-bond donors (Lipinski definition) is 2. The average molecular weight is 156 g/mol. The van der Waals surface area contributed by atoms with E-state index in [9.17, 15) is 5.11 Å². The topological polar surface area (TPSA) is 56.0 Å². The Morgan fingerprint density at radius 2 is 2.18 bits per heavy atom. The van der Waals surface area contributed by atoms with E-state index in [0.717, 1.165) is 13.0 Å². The summed E-state index contributed by atoms with van der Waals surface area (Å²) < 4.78 is 0. The zero-order valence-corrected chi connectivity index (χ0v) is 7.22. The fraction of sp³-hybridized carbons (Fsp3) is 0.875. The first kappa shape index (κ1) is 10.4. The third-order valence-electron chi connectivity index (χ3n) is 1.20. The summed E-state index contributed by atoms with van der Waals surface area (Å²) in [6.07, 6.45) is 1.44. The van der Waals surface area contributed by atoms with E-state index in [1.807, 2.05) is 0 Å². The molecule has 0 spiro atoms. The molecule has 0 aliphatic heterocycles. The molecule has 0 aromatic rings. The van der Waals surface area contributed by atoms with Gasteiger partial charge in [0.2, 0.25) is 0 Å². The molecular formula is C8H16N2O. The molecule has 64 valence electrons. The van der Waals surface area contributed by atoms with Crippen molar-refractivity contribution < 1.29 is 5.11 Å². The first-order chi connectivity index (χ1) is 5.06. The summed E-state index contributed by atoms with van der Waals surface area (Å²) in [7, 11) is 0. The quantitative estimate of drug-likeness (QED) is 0.575. The van der Waals surface area contributed by atoms with Crippen molar-refractivity contribution in [2.45, 2.75) is 32.3 Å². The van der Waals surface area contributed by atoms with Gasteiger partial charge in [-0.2, -0.15) is 5.26 Å². The van der Waals surface area contributed by atoms with Crippen LogP contribution >= 0.6 is 0 Å². The van der Waals surface area contributed by atoms with Crippen molar-refractivity contribution in [2.75, 3.05) is 13.1 Å². The molecule has 0 aromatic heterocycles. The maximum absolute atomic E-state index is 9.25. The van der Waals surface area contributed by atoms with E-state index in [2.05, 4.69) is 11.4 Å². The molecule has 0 unspecified atom stereocenters. The van der Waals surface area contributed by atoms with Gasteiger partial charge >= 0.3 is 0 Å². The van der Waals surface area contributed by atoms with Crippen molar-refractivity contribution in [1.82, 2.24) is 5.32 Å². The highest BCUT2D eigenvalue weighted by molar-refractivity contribution is 4.71. The Kier molecular flexibility index (Phi) is 4.84. The van der Waals surface area contributed by atoms with Crippen LogP contribution in [0.5, 0.6) is 0 Å². The molecule has 3 heteroatoms. The first-order valence-electron chi connectivity index (χ1n) is 3.86. The molecule has 0 aliphatic rings. The second-order valence-corrected chi connectivity index (χ2v) is 3.25. The Hall–Kier alpha value is -0.590. The minimum atomic E-state index is -0.646. The molecule has 0 aliphatic carbocycles. The third kappa shape index (κ3) is 9.41. The van der Waals surface area contributed by atoms with Crippen molar-refractivity contribution in [2.24, 2.45) is 0 Å². The SMILES string of the molecule is CC(C)(O)CNCCCC#N. The van der Waals surface area contributed by atoms with Gasteiger partial charge in [-0.25, -0.2) is 0 Å². The lowest BCUT2D eigenvalue weighted by Crippen LogP contribution is -2.35. The highest BCUT2D eigenvalue weighted by Crippen LogP contribution is 1.96. The molecule has 0 rings (SSSR count). The number of nitrogens with one attached hydrogen (secondary N) is 1. The van der Waals surface area contributed by atoms with Crippen LogP contribution in [0.3, 0.4) is 0 Å². The fourth-order valence-corrected chi connectivity index (χ4v) is 0.687. The average Bonchev–Trinajstić information content (AvgIpc) is 1.85. The summed E-state index contributed by atoms with van der Waals surface area (Å²) in [5.74, 6) is 0. The second kappa shape index (κ2) is 5.11. The molecule has 0 radical (unpaired) electrons. The Morgan fingerprint density at radius 3 is 2.64 bits per heavy atom. The molecular weight excluding hydrogens is 140 g/mol. The summed E-state index contributed by atoms with van der Waals surface area (Å²) in [5.41, 5.74) is -0.646. The van der Waals surface area contributed by atoms with Gasteiger partial charge in [0.05, 0.1) is 11.7 Å². The highest BCUT2D eigenvalue weighted by Gasteiger charge is 2.10. The van der Waals surface area contributed by atoms with Crippen molar-refractivity contribution in [3.05, 3.63) is 0 Å². The van der Waals surface area contributed by atoms with Gasteiger partial charge in [0, 0.05) is 13.0 Å². The van der Waals surface area contributed by atoms with Crippen molar-refractivity contribution in [3.8, 4) is 6.07 Å². The largest absolute Gasteiger partial charge is 0.389 e. The van der Waals surface area contributed by atoms with Gasteiger partial charge in [-0.1, -0.05) is 0 Å². The summed E-state index contributed by atoms with van der Waals surface area (Å²) >= 11 is 0. The van der Waals surface area contributed by atoms with Gasteiger partial charge in [-0.3, -0.25) is 0 Å². The van der Waals surface area contributed by atoms with E-state index < -0.39 is 5.60 Å². The van der Waals surface area contributed by atoms with Crippen LogP contribution in [-0.4, -0.2) is 23.8 Å². The van der Waals surface area contributed by atoms with Gasteiger partial charge in [-0.05, 0) is 26.8 Å². The third-order valence-corrected chi connectivity index (χ3v) is 1.20. The zero-order valence-electron chi connectivity index (χ0n) is 7.22. The Balaban J connectivity index is 3.10. The van der Waals surface area contributed by atoms with Crippen LogP contribution in [0.15, 0.2) is 0 Å². The van der Waals surface area contributed by atoms with Gasteiger partial charge in [0.25, 0.3) is 0 Å². The van der Waals surface area contributed by atoms with E-state index in [1.165, 1.54) is 0 Å². The molecule has 3 nitrogen and oxygen atoms in total. The molecule has 2 N–H and O–H groups in total. The minimum absolute atomic E-state index is 0.582. The van der Waals surface area contributed by atoms with E-state index >= 15 is 0 Å². The van der Waals surface area contributed by atoms with E-state index in [4.69, 9.17) is 5.26 Å². The van der Waals surface area contributed by atoms with E-state index in [-0.39, 0.29) is 0 Å². The molecule has 0 atom stereocenters. The number of unbranched alkanes of at least 4 members (excludes halogenated alkanes) is 1. The molecule has 0 heterocycles. The summed E-state index contributed by atoms with van der Waals surface area (Å²) in [5, 5.41) is 20.5. The van der Waals surface area contributed by atoms with Crippen molar-refractivity contribution in [1.29, 1.82) is 5.26 Å². The number of nitriles is 1. The molecule has 11 heavy (non-hydrogen) atoms. The number of rotatable bonds is 5. The molecule has 0 amide bonds. The normalized spacial score (nSPS) is 11.1. The van der Waals surface area contributed by atoms with Crippen LogP contribution in [0.2, 0.25) is 0 Å². The Labute approximate surface area is 68.0 Å². The van der Waals surface area contributed by atoms with Crippen LogP contribution in [-0.2, 0) is 0 Å². The number of hydrogen-bond acceptors (Lipinski definition) is 3.